The summed E-state index contributed by atoms with van der Waals surface area (Å²) in [5.74, 6) is 0. The zero-order valence-corrected chi connectivity index (χ0v) is 46.8. The second-order valence-electron chi connectivity index (χ2n) is 19.0. The summed E-state index contributed by atoms with van der Waals surface area (Å²) in [4.78, 5) is 0. The molecule has 3 rings (SSSR count). The van der Waals surface area contributed by atoms with Crippen molar-refractivity contribution in [2.24, 2.45) is 0 Å². The van der Waals surface area contributed by atoms with Crippen LogP contribution >= 0.6 is 26.9 Å². The molecule has 2 aromatic rings. The quantitative estimate of drug-likeness (QED) is 0.0366. The summed E-state index contributed by atoms with van der Waals surface area (Å²) in [6.45, 7) is 16.3. The van der Waals surface area contributed by atoms with Crippen LogP contribution in [0.25, 0.3) is 16.9 Å². The molecule has 0 bridgehead atoms. The van der Waals surface area contributed by atoms with Gasteiger partial charge in [0.05, 0.1) is 0 Å². The molecule has 2 nitrogen and oxygen atoms in total. The molecule has 0 radical (unpaired) electrons. The number of unbranched alkanes of at least 4 members (excludes halogenated alkanes) is 21. The van der Waals surface area contributed by atoms with Gasteiger partial charge in [0, 0.05) is 22.8 Å². The van der Waals surface area contributed by atoms with Crippen LogP contribution < -0.4 is 0 Å². The molecule has 0 atom stereocenters. The van der Waals surface area contributed by atoms with E-state index < -0.39 is 0 Å². The predicted octanol–water partition coefficient (Wildman–Crippen LogP) is 20.9. The first kappa shape index (κ1) is 58.3. The van der Waals surface area contributed by atoms with E-state index in [1.54, 1.807) is 38.1 Å². The van der Waals surface area contributed by atoms with E-state index in [2.05, 4.69) is 106 Å². The molecule has 63 heavy (non-hydrogen) atoms. The minimum atomic E-state index is 0.575. The third-order valence-electron chi connectivity index (χ3n) is 13.6. The molecule has 0 aromatic heterocycles. The topological polar surface area (TPSA) is 25.3 Å². The van der Waals surface area contributed by atoms with E-state index in [-0.39, 0.29) is 0 Å². The molecule has 0 N–H and O–H groups in total. The van der Waals surface area contributed by atoms with Crippen molar-refractivity contribution in [1.82, 2.24) is 0 Å². The minimum absolute atomic E-state index is 0.575. The molecule has 1 heterocycles. The van der Waals surface area contributed by atoms with Gasteiger partial charge >= 0.3 is 40.8 Å². The van der Waals surface area contributed by atoms with Gasteiger partial charge in [-0.25, -0.2) is 4.70 Å². The van der Waals surface area contributed by atoms with Gasteiger partial charge in [0.2, 0.25) is 11.4 Å². The Labute approximate surface area is 413 Å². The summed E-state index contributed by atoms with van der Waals surface area (Å²) in [5, 5.41) is 0. The fourth-order valence-electron chi connectivity index (χ4n) is 9.84. The molecule has 362 valence electrons. The van der Waals surface area contributed by atoms with Crippen LogP contribution in [0.5, 0.6) is 0 Å². The molecule has 0 spiro atoms. The van der Waals surface area contributed by atoms with Gasteiger partial charge in [0.25, 0.3) is 0 Å². The van der Waals surface area contributed by atoms with E-state index in [0.717, 1.165) is 43.5 Å². The Balaban J connectivity index is 0.00000442. The number of nitrogens with zero attached hydrogens (tertiary/aromatic N) is 2. The van der Waals surface area contributed by atoms with Crippen LogP contribution in [0.2, 0.25) is 0 Å². The first-order valence-corrected chi connectivity index (χ1v) is 34.1. The zero-order chi connectivity index (χ0) is 45.9. The maximum absolute atomic E-state index is 12.7. The predicted molar refractivity (Wildman–Crippen MR) is 285 cm³/mol. The van der Waals surface area contributed by atoms with Crippen LogP contribution in [-0.2, 0) is 52.5 Å². The van der Waals surface area contributed by atoms with Gasteiger partial charge in [0.1, 0.15) is 0 Å². The number of hydrogen-bond donors (Lipinski definition) is 0. The Morgan fingerprint density at radius 1 is 0.381 bits per heavy atom. The third kappa shape index (κ3) is 22.7. The Bertz CT molecular complexity index is 1510. The number of aryl methyl sites for hydroxylation is 4. The van der Waals surface area contributed by atoms with Crippen LogP contribution in [0.1, 0.15) is 279 Å². The SMILES string of the molecule is CCCCCCC1=C(c2cc(CCCCCC)c(CCCCCC)c(CCCCCC)c2)[N+](=[N-])C(c2cc(CCCCCC)c(CCCCCC)c(CCCCCC)c2)=C1.[Br][Pd][Br]. The molecule has 0 saturated carbocycles. The van der Waals surface area contributed by atoms with Gasteiger partial charge in [-0.2, -0.15) is 0 Å². The van der Waals surface area contributed by atoms with Crippen molar-refractivity contribution >= 4 is 38.3 Å². The van der Waals surface area contributed by atoms with Gasteiger partial charge in [-0.1, -0.05) is 183 Å². The Kier molecular flexibility index (Phi) is 35.3. The standard InChI is InChI=1S/C58H96N2.2BrH.Pd/c1-8-15-22-29-36-48-43-53(44-49(37-30-23-16-9-2)55(48)41-34-27-20-13-6)57-47-52(40-33-26-19-12-5)58(60(57)59)54-45-50(38-31-24-17-10-3)56(42-35-28-21-14-7)51(46-54)39-32-25-18-11-4;;;/h43-47H,8-42H2,1-7H3;2*1H;/q;;;+2/p-2. The van der Waals surface area contributed by atoms with E-state index >= 15 is 0 Å². The second kappa shape index (κ2) is 38.1. The molecule has 2 aromatic carbocycles. The number of hydrogen-bond acceptors (Lipinski definition) is 0. The van der Waals surface area contributed by atoms with E-state index in [1.807, 2.05) is 0 Å². The molecule has 0 unspecified atom stereocenters. The first-order valence-electron chi connectivity index (χ1n) is 26.9. The van der Waals surface area contributed by atoms with Crippen LogP contribution in [0.15, 0.2) is 35.9 Å². The second-order valence-corrected chi connectivity index (χ2v) is 26.2. The number of rotatable bonds is 37. The van der Waals surface area contributed by atoms with Gasteiger partial charge in [-0.3, -0.25) is 0 Å². The maximum atomic E-state index is 12.7. The molecule has 1 aliphatic heterocycles. The average Bonchev–Trinajstić information content (AvgIpc) is 3.62. The Morgan fingerprint density at radius 3 is 0.952 bits per heavy atom. The Hall–Kier alpha value is -0.858. The number of benzene rings is 2. The fourth-order valence-corrected chi connectivity index (χ4v) is 9.84. The summed E-state index contributed by atoms with van der Waals surface area (Å²) in [7, 11) is 0. The molecule has 0 aliphatic carbocycles. The molecule has 5 heteroatoms. The van der Waals surface area contributed by atoms with Crippen LogP contribution in [0.3, 0.4) is 0 Å². The molecular weight excluding hydrogens is 991 g/mol. The molecule has 0 saturated heterocycles. The van der Waals surface area contributed by atoms with Gasteiger partial charge < -0.3 is 5.53 Å². The van der Waals surface area contributed by atoms with Crippen molar-refractivity contribution in [2.45, 2.75) is 273 Å². The van der Waals surface area contributed by atoms with Crippen molar-refractivity contribution in [3.8, 4) is 0 Å². The summed E-state index contributed by atoms with van der Waals surface area (Å²) in [6, 6.07) is 10.2. The third-order valence-corrected chi connectivity index (χ3v) is 13.6. The molecular formula is C58H96Br2N2Pd. The van der Waals surface area contributed by atoms with Crippen molar-refractivity contribution in [1.29, 1.82) is 0 Å². The van der Waals surface area contributed by atoms with Crippen LogP contribution in [0.4, 0.5) is 0 Å². The zero-order valence-electron chi connectivity index (χ0n) is 42.1. The van der Waals surface area contributed by atoms with Crippen LogP contribution in [-0.4, -0.2) is 4.70 Å². The normalized spacial score (nSPS) is 12.7. The van der Waals surface area contributed by atoms with Crippen molar-refractivity contribution in [3.63, 3.8) is 0 Å². The van der Waals surface area contributed by atoms with Crippen molar-refractivity contribution in [2.75, 3.05) is 0 Å². The molecule has 0 fully saturated rings. The summed E-state index contributed by atoms with van der Waals surface area (Å²) >= 11 is 6.80. The van der Waals surface area contributed by atoms with Crippen LogP contribution in [0, 0.1) is 0 Å². The van der Waals surface area contributed by atoms with E-state index in [9.17, 15) is 5.53 Å². The first-order chi connectivity index (χ1) is 30.9. The van der Waals surface area contributed by atoms with Crippen molar-refractivity contribution in [3.05, 3.63) is 86.0 Å². The van der Waals surface area contributed by atoms with E-state index in [1.165, 1.54) is 209 Å². The molecule has 1 aliphatic rings. The fraction of sp³-hybridized carbons (Fsp3) is 0.724. The summed E-state index contributed by atoms with van der Waals surface area (Å²) in [5.41, 5.74) is 28.2. The average molecular weight is 1090 g/mol. The monoisotopic (exact) mass is 1080 g/mol. The molecule has 0 amide bonds. The number of allylic oxidation sites excluding steroid dienone is 2. The van der Waals surface area contributed by atoms with Gasteiger partial charge in [-0.15, -0.1) is 0 Å². The van der Waals surface area contributed by atoms with Crippen molar-refractivity contribution < 1.29 is 18.6 Å². The summed E-state index contributed by atoms with van der Waals surface area (Å²) < 4.78 is 1.67. The summed E-state index contributed by atoms with van der Waals surface area (Å²) in [6.07, 6.45) is 46.5. The van der Waals surface area contributed by atoms with E-state index in [0.29, 0.717) is 13.9 Å². The van der Waals surface area contributed by atoms with Gasteiger partial charge in [-0.05, 0) is 148 Å². The number of halogens is 2. The van der Waals surface area contributed by atoms with Gasteiger partial charge in [0.15, 0.2) is 0 Å². The van der Waals surface area contributed by atoms with E-state index in [4.69, 9.17) is 0 Å². The Morgan fingerprint density at radius 2 is 0.651 bits per heavy atom.